The van der Waals surface area contributed by atoms with E-state index in [1.807, 2.05) is 18.2 Å². The van der Waals surface area contributed by atoms with Crippen LogP contribution in [-0.2, 0) is 29.1 Å². The fraction of sp³-hybridized carbons (Fsp3) is 0.571. The van der Waals surface area contributed by atoms with Crippen LogP contribution in [0.3, 0.4) is 0 Å². The highest BCUT2D eigenvalue weighted by atomic mass is 32.2. The van der Waals surface area contributed by atoms with Gasteiger partial charge in [-0.15, -0.1) is 6.58 Å². The third kappa shape index (κ3) is 7.67. The van der Waals surface area contributed by atoms with Crippen LogP contribution in [0.4, 0.5) is 4.79 Å². The van der Waals surface area contributed by atoms with E-state index < -0.39 is 74.3 Å². The SMILES string of the molecule is C=CC1CC1(NC(=O)C1CC(Oc2nccc3cc(OC)ccc23)CN1C(=O)C(C(C)C)N(C)C(=O)OC(C)(C)C)C(=O)NS(=O)(=O)C1CC1. The van der Waals surface area contributed by atoms with Crippen molar-refractivity contribution < 1.29 is 41.8 Å². The Kier molecular flexibility index (Phi) is 10.1. The normalized spacial score (nSPS) is 23.9. The van der Waals surface area contributed by atoms with Gasteiger partial charge in [0, 0.05) is 31.0 Å². The number of carbonyl (C=O) groups excluding carboxylic acids is 4. The number of methoxy groups -OCH3 is 1. The van der Waals surface area contributed by atoms with Gasteiger partial charge in [0.15, 0.2) is 0 Å². The number of sulfonamides is 1. The lowest BCUT2D eigenvalue weighted by Gasteiger charge is -2.36. The first-order valence-corrected chi connectivity index (χ1v) is 18.3. The number of rotatable bonds is 12. The second-order valence-corrected chi connectivity index (χ2v) is 16.6. The first kappa shape index (κ1) is 36.9. The van der Waals surface area contributed by atoms with Crippen LogP contribution in [0.1, 0.15) is 60.3 Å². The number of aromatic nitrogens is 1. The molecule has 3 fully saturated rings. The zero-order valence-corrected chi connectivity index (χ0v) is 30.4. The molecule has 2 saturated carbocycles. The molecule has 272 valence electrons. The van der Waals surface area contributed by atoms with E-state index in [-0.39, 0.29) is 25.3 Å². The first-order chi connectivity index (χ1) is 23.4. The Hall–Kier alpha value is -4.40. The third-order valence-electron chi connectivity index (χ3n) is 9.29. The van der Waals surface area contributed by atoms with Crippen molar-refractivity contribution in [3.05, 3.63) is 43.1 Å². The molecule has 1 saturated heterocycles. The average molecular weight is 714 g/mol. The van der Waals surface area contributed by atoms with Gasteiger partial charge in [-0.2, -0.15) is 0 Å². The summed E-state index contributed by atoms with van der Waals surface area (Å²) in [5.41, 5.74) is -2.36. The van der Waals surface area contributed by atoms with Crippen molar-refractivity contribution in [2.45, 2.75) is 94.9 Å². The predicted molar refractivity (Wildman–Crippen MR) is 185 cm³/mol. The molecule has 0 bridgehead atoms. The van der Waals surface area contributed by atoms with E-state index in [4.69, 9.17) is 14.2 Å². The summed E-state index contributed by atoms with van der Waals surface area (Å²) in [6.45, 7) is 12.5. The summed E-state index contributed by atoms with van der Waals surface area (Å²) < 4.78 is 44.7. The second kappa shape index (κ2) is 13.7. The zero-order chi connectivity index (χ0) is 36.8. The van der Waals surface area contributed by atoms with Crippen LogP contribution >= 0.6 is 0 Å². The molecular weight excluding hydrogens is 666 g/mol. The van der Waals surface area contributed by atoms with E-state index in [9.17, 15) is 27.6 Å². The molecule has 5 rings (SSSR count). The molecule has 2 aliphatic carbocycles. The van der Waals surface area contributed by atoms with Crippen molar-refractivity contribution in [1.29, 1.82) is 0 Å². The number of pyridine rings is 1. The molecular formula is C35H47N5O9S. The van der Waals surface area contributed by atoms with E-state index >= 15 is 0 Å². The minimum absolute atomic E-state index is 0.0311. The van der Waals surface area contributed by atoms with E-state index in [0.717, 1.165) is 5.39 Å². The number of carbonyl (C=O) groups is 4. The lowest BCUT2D eigenvalue weighted by atomic mass is 10.0. The average Bonchev–Trinajstić information content (AvgIpc) is 3.96. The fourth-order valence-electron chi connectivity index (χ4n) is 6.42. The number of ether oxygens (including phenoxy) is 3. The van der Waals surface area contributed by atoms with Crippen molar-refractivity contribution in [3.8, 4) is 11.6 Å². The number of nitrogens with one attached hydrogen (secondary N) is 2. The van der Waals surface area contributed by atoms with Gasteiger partial charge in [0.1, 0.15) is 35.1 Å². The molecule has 15 heteroatoms. The molecule has 0 radical (unpaired) electrons. The minimum Gasteiger partial charge on any atom is -0.497 e. The Morgan fingerprint density at radius 1 is 1.16 bits per heavy atom. The molecule has 2 N–H and O–H groups in total. The van der Waals surface area contributed by atoms with Gasteiger partial charge < -0.3 is 24.4 Å². The molecule has 3 aliphatic rings. The van der Waals surface area contributed by atoms with Gasteiger partial charge in [0.05, 0.1) is 18.9 Å². The number of amides is 4. The number of benzene rings is 1. The summed E-state index contributed by atoms with van der Waals surface area (Å²) in [6, 6.07) is 5.09. The van der Waals surface area contributed by atoms with Crippen LogP contribution in [0.5, 0.6) is 11.6 Å². The molecule has 14 nitrogen and oxygen atoms in total. The molecule has 4 amide bonds. The summed E-state index contributed by atoms with van der Waals surface area (Å²) in [7, 11) is -0.849. The van der Waals surface area contributed by atoms with Crippen molar-refractivity contribution in [3.63, 3.8) is 0 Å². The Labute approximate surface area is 292 Å². The van der Waals surface area contributed by atoms with E-state index in [1.54, 1.807) is 54.0 Å². The van der Waals surface area contributed by atoms with Crippen molar-refractivity contribution in [2.75, 3.05) is 20.7 Å². The van der Waals surface area contributed by atoms with Gasteiger partial charge >= 0.3 is 6.09 Å². The maximum Gasteiger partial charge on any atom is 0.410 e. The lowest BCUT2D eigenvalue weighted by Crippen LogP contribution is -2.59. The van der Waals surface area contributed by atoms with E-state index in [1.165, 1.54) is 22.9 Å². The Morgan fingerprint density at radius 2 is 1.86 bits per heavy atom. The van der Waals surface area contributed by atoms with Gasteiger partial charge in [-0.1, -0.05) is 19.9 Å². The summed E-state index contributed by atoms with van der Waals surface area (Å²) in [6.07, 6.45) is 2.78. The number of nitrogens with zero attached hydrogens (tertiary/aromatic N) is 3. The highest BCUT2D eigenvalue weighted by Gasteiger charge is 2.62. The van der Waals surface area contributed by atoms with Crippen LogP contribution < -0.4 is 19.5 Å². The highest BCUT2D eigenvalue weighted by molar-refractivity contribution is 7.91. The molecule has 1 aromatic carbocycles. The number of likely N-dealkylation sites (tertiary alicyclic amines) is 1. The highest BCUT2D eigenvalue weighted by Crippen LogP contribution is 2.45. The van der Waals surface area contributed by atoms with Gasteiger partial charge in [-0.25, -0.2) is 18.2 Å². The zero-order valence-electron chi connectivity index (χ0n) is 29.6. The van der Waals surface area contributed by atoms with Gasteiger partial charge in [-0.05, 0) is 75.6 Å². The van der Waals surface area contributed by atoms with Crippen LogP contribution in [0.15, 0.2) is 43.1 Å². The molecule has 1 aromatic heterocycles. The van der Waals surface area contributed by atoms with Crippen LogP contribution in [0.25, 0.3) is 10.8 Å². The predicted octanol–water partition coefficient (Wildman–Crippen LogP) is 3.15. The smallest absolute Gasteiger partial charge is 0.410 e. The summed E-state index contributed by atoms with van der Waals surface area (Å²) >= 11 is 0. The maximum atomic E-state index is 14.4. The molecule has 2 heterocycles. The van der Waals surface area contributed by atoms with Gasteiger partial charge in [-0.3, -0.25) is 24.0 Å². The Morgan fingerprint density at radius 3 is 2.44 bits per heavy atom. The third-order valence-corrected chi connectivity index (χ3v) is 11.1. The summed E-state index contributed by atoms with van der Waals surface area (Å²) in [5.74, 6) is -1.96. The number of likely N-dealkylation sites (N-methyl/N-ethyl adjacent to an activating group) is 1. The Bertz CT molecular complexity index is 1790. The molecule has 1 aliphatic heterocycles. The van der Waals surface area contributed by atoms with E-state index in [0.29, 0.717) is 29.9 Å². The standard InChI is InChI=1S/C35H47N5O9S/c1-9-22-18-35(22,32(43)38-50(45,46)25-11-12-25)37-29(41)27-17-24(48-30-26-13-10-23(47-8)16-21(26)14-15-36-30)19-40(27)31(42)28(20(2)3)39(7)33(44)49-34(4,5)6/h9-10,13-16,20,22,24-25,27-28H,1,11-12,17-19H2,2-8H3,(H,37,41)(H,38,43). The number of hydrogen-bond donors (Lipinski definition) is 2. The van der Waals surface area contributed by atoms with E-state index in [2.05, 4.69) is 21.6 Å². The van der Waals surface area contributed by atoms with Crippen molar-refractivity contribution in [2.24, 2.45) is 11.8 Å². The number of hydrogen-bond acceptors (Lipinski definition) is 10. The second-order valence-electron chi connectivity index (χ2n) is 14.6. The number of fused-ring (bicyclic) bond motifs is 1. The largest absolute Gasteiger partial charge is 0.497 e. The van der Waals surface area contributed by atoms with Gasteiger partial charge in [0.2, 0.25) is 27.7 Å². The summed E-state index contributed by atoms with van der Waals surface area (Å²) in [4.78, 5) is 62.2. The van der Waals surface area contributed by atoms with Crippen LogP contribution in [0.2, 0.25) is 0 Å². The van der Waals surface area contributed by atoms with Crippen LogP contribution in [0, 0.1) is 11.8 Å². The van der Waals surface area contributed by atoms with Crippen molar-refractivity contribution in [1.82, 2.24) is 24.8 Å². The molecule has 2 aromatic rings. The van der Waals surface area contributed by atoms with Crippen molar-refractivity contribution >= 4 is 44.6 Å². The maximum absolute atomic E-state index is 14.4. The van der Waals surface area contributed by atoms with Crippen LogP contribution in [-0.4, -0.2) is 102 Å². The quantitative estimate of drug-likeness (QED) is 0.311. The summed E-state index contributed by atoms with van der Waals surface area (Å²) in [5, 5.41) is 3.65. The molecule has 5 atom stereocenters. The minimum atomic E-state index is -3.89. The molecule has 5 unspecified atom stereocenters. The first-order valence-electron chi connectivity index (χ1n) is 16.8. The molecule has 50 heavy (non-hydrogen) atoms. The topological polar surface area (TPSA) is 174 Å². The Balaban J connectivity index is 1.44. The molecule has 0 spiro atoms. The lowest BCUT2D eigenvalue weighted by molar-refractivity contribution is -0.144. The monoisotopic (exact) mass is 713 g/mol. The van der Waals surface area contributed by atoms with Gasteiger partial charge in [0.25, 0.3) is 5.91 Å². The fourth-order valence-corrected chi connectivity index (χ4v) is 7.78.